The minimum atomic E-state index is 0.751. The maximum Gasteiger partial charge on any atom is 0.0801 e. The second-order valence-electron chi connectivity index (χ2n) is 9.85. The minimum absolute atomic E-state index is 0.751. The summed E-state index contributed by atoms with van der Waals surface area (Å²) >= 11 is 1.71. The maximum absolute atomic E-state index is 4.60. The van der Waals surface area contributed by atoms with Gasteiger partial charge in [-0.15, -0.1) is 0 Å². The van der Waals surface area contributed by atoms with Crippen molar-refractivity contribution in [3.63, 3.8) is 0 Å². The molecule has 1 fully saturated rings. The normalized spacial score (nSPS) is 21.6. The van der Waals surface area contributed by atoms with Gasteiger partial charge in [0.25, 0.3) is 0 Å². The topological polar surface area (TPSA) is 36.8 Å². The van der Waals surface area contributed by atoms with Gasteiger partial charge in [0.05, 0.1) is 12.3 Å². The number of hydrogen-bond donors (Lipinski definition) is 1. The smallest absolute Gasteiger partial charge is 0.0801 e. The van der Waals surface area contributed by atoms with Crippen molar-refractivity contribution in [2.75, 3.05) is 6.54 Å². The van der Waals surface area contributed by atoms with Gasteiger partial charge in [0, 0.05) is 28.9 Å². The quantitative estimate of drug-likeness (QED) is 0.426. The van der Waals surface area contributed by atoms with Crippen molar-refractivity contribution in [3.05, 3.63) is 77.1 Å². The number of aliphatic imine (C=N–C) groups is 2. The molecule has 3 aliphatic rings. The zero-order chi connectivity index (χ0) is 22.9. The summed E-state index contributed by atoms with van der Waals surface area (Å²) in [4.78, 5) is 10.4. The first kappa shape index (κ1) is 22.2. The van der Waals surface area contributed by atoms with Crippen LogP contribution in [0.4, 0.5) is 0 Å². The van der Waals surface area contributed by atoms with Gasteiger partial charge in [-0.25, -0.2) is 0 Å². The van der Waals surface area contributed by atoms with E-state index in [-0.39, 0.29) is 0 Å². The largest absolute Gasteiger partial charge is 0.327 e. The number of rotatable bonds is 8. The van der Waals surface area contributed by atoms with Crippen LogP contribution in [-0.2, 0) is 6.42 Å². The monoisotopic (exact) mass is 455 g/mol. The molecule has 4 heteroatoms. The molecule has 1 aliphatic carbocycles. The summed E-state index contributed by atoms with van der Waals surface area (Å²) in [7, 11) is 0. The Morgan fingerprint density at radius 2 is 1.94 bits per heavy atom. The summed E-state index contributed by atoms with van der Waals surface area (Å²) in [5, 5.41) is 0. The zero-order valence-electron chi connectivity index (χ0n) is 20.1. The average molecular weight is 456 g/mol. The molecule has 0 bridgehead atoms. The highest BCUT2D eigenvalue weighted by Gasteiger charge is 2.39. The van der Waals surface area contributed by atoms with E-state index in [2.05, 4.69) is 90.9 Å². The van der Waals surface area contributed by atoms with Gasteiger partial charge in [-0.1, -0.05) is 50.3 Å². The fourth-order valence-electron chi connectivity index (χ4n) is 5.02. The summed E-state index contributed by atoms with van der Waals surface area (Å²) in [6.07, 6.45) is 7.51. The Hall–Kier alpha value is -2.59. The second-order valence-corrected chi connectivity index (χ2v) is 10.7. The van der Waals surface area contributed by atoms with E-state index in [0.717, 1.165) is 42.9 Å². The van der Waals surface area contributed by atoms with Crippen LogP contribution in [0.5, 0.6) is 0 Å². The third-order valence-corrected chi connectivity index (χ3v) is 8.26. The van der Waals surface area contributed by atoms with Crippen LogP contribution in [0.25, 0.3) is 11.1 Å². The molecule has 1 N–H and O–H groups in total. The SMILES string of the molecule is CC1=NCC(NSc2ccccc2-c2ccc(C3=NC=CC3)cc2CC2CC2C(C)C)=C1C. The highest BCUT2D eigenvalue weighted by molar-refractivity contribution is 7.97. The fourth-order valence-corrected chi connectivity index (χ4v) is 5.90. The predicted molar refractivity (Wildman–Crippen MR) is 142 cm³/mol. The Bertz CT molecular complexity index is 1190. The minimum Gasteiger partial charge on any atom is -0.327 e. The Labute approximate surface area is 202 Å². The summed E-state index contributed by atoms with van der Waals surface area (Å²) in [6.45, 7) is 9.72. The molecule has 0 saturated heterocycles. The van der Waals surface area contributed by atoms with Crippen molar-refractivity contribution in [1.29, 1.82) is 0 Å². The molecule has 3 nitrogen and oxygen atoms in total. The van der Waals surface area contributed by atoms with Crippen LogP contribution in [0.3, 0.4) is 0 Å². The molecule has 2 atom stereocenters. The Balaban J connectivity index is 1.45. The molecular weight excluding hydrogens is 422 g/mol. The number of hydrogen-bond acceptors (Lipinski definition) is 4. The number of allylic oxidation sites excluding steroid dienone is 2. The van der Waals surface area contributed by atoms with Crippen LogP contribution in [0, 0.1) is 17.8 Å². The van der Waals surface area contributed by atoms with E-state index in [0.29, 0.717) is 0 Å². The molecule has 2 aromatic rings. The van der Waals surface area contributed by atoms with E-state index in [9.17, 15) is 0 Å². The van der Waals surface area contributed by atoms with Crippen molar-refractivity contribution >= 4 is 23.4 Å². The second kappa shape index (κ2) is 9.34. The molecule has 0 radical (unpaired) electrons. The molecule has 2 unspecified atom stereocenters. The molecule has 170 valence electrons. The lowest BCUT2D eigenvalue weighted by molar-refractivity contribution is 0.516. The van der Waals surface area contributed by atoms with E-state index in [1.165, 1.54) is 50.6 Å². The summed E-state index contributed by atoms with van der Waals surface area (Å²) in [6, 6.07) is 15.8. The third kappa shape index (κ3) is 4.72. The number of nitrogens with zero attached hydrogens (tertiary/aromatic N) is 2. The third-order valence-electron chi connectivity index (χ3n) is 7.33. The van der Waals surface area contributed by atoms with Crippen LogP contribution in [0.2, 0.25) is 0 Å². The Morgan fingerprint density at radius 1 is 1.09 bits per heavy atom. The van der Waals surface area contributed by atoms with Gasteiger partial charge in [-0.2, -0.15) is 0 Å². The lowest BCUT2D eigenvalue weighted by Crippen LogP contribution is -2.07. The summed E-state index contributed by atoms with van der Waals surface area (Å²) in [5.41, 5.74) is 10.2. The van der Waals surface area contributed by atoms with Crippen molar-refractivity contribution in [1.82, 2.24) is 4.72 Å². The highest BCUT2D eigenvalue weighted by Crippen LogP contribution is 2.47. The predicted octanol–water partition coefficient (Wildman–Crippen LogP) is 7.24. The van der Waals surface area contributed by atoms with Crippen LogP contribution in [0.15, 0.2) is 80.9 Å². The van der Waals surface area contributed by atoms with Gasteiger partial charge >= 0.3 is 0 Å². The van der Waals surface area contributed by atoms with Crippen molar-refractivity contribution < 1.29 is 0 Å². The van der Waals surface area contributed by atoms with Crippen molar-refractivity contribution in [2.24, 2.45) is 27.7 Å². The van der Waals surface area contributed by atoms with E-state index in [1.54, 1.807) is 11.9 Å². The van der Waals surface area contributed by atoms with E-state index < -0.39 is 0 Å². The molecule has 0 spiro atoms. The van der Waals surface area contributed by atoms with Crippen molar-refractivity contribution in [3.8, 4) is 11.1 Å². The molecule has 1 saturated carbocycles. The number of benzene rings is 2. The molecule has 5 rings (SSSR count). The summed E-state index contributed by atoms with van der Waals surface area (Å²) < 4.78 is 3.59. The molecule has 0 aromatic heterocycles. The van der Waals surface area contributed by atoms with Crippen LogP contribution >= 0.6 is 11.9 Å². The van der Waals surface area contributed by atoms with Crippen molar-refractivity contribution in [2.45, 2.75) is 51.9 Å². The van der Waals surface area contributed by atoms with Gasteiger partial charge in [-0.3, -0.25) is 9.98 Å². The van der Waals surface area contributed by atoms with E-state index >= 15 is 0 Å². The molecule has 2 aliphatic heterocycles. The van der Waals surface area contributed by atoms with Gasteiger partial charge < -0.3 is 4.72 Å². The summed E-state index contributed by atoms with van der Waals surface area (Å²) in [5.74, 6) is 2.43. The highest BCUT2D eigenvalue weighted by atomic mass is 32.2. The molecule has 2 aromatic carbocycles. The Kier molecular flexibility index (Phi) is 6.29. The van der Waals surface area contributed by atoms with Gasteiger partial charge in [-0.05, 0) is 96.4 Å². The fraction of sp³-hybridized carbons (Fsp3) is 0.379. The van der Waals surface area contributed by atoms with Gasteiger partial charge in [0.15, 0.2) is 0 Å². The molecule has 33 heavy (non-hydrogen) atoms. The molecule has 2 heterocycles. The lowest BCUT2D eigenvalue weighted by Gasteiger charge is -2.17. The van der Waals surface area contributed by atoms with E-state index in [1.807, 2.05) is 6.20 Å². The molecule has 0 amide bonds. The first-order chi connectivity index (χ1) is 16.0. The Morgan fingerprint density at radius 3 is 2.64 bits per heavy atom. The van der Waals surface area contributed by atoms with E-state index in [4.69, 9.17) is 0 Å². The standard InChI is InChI=1S/C29H33N3S/c1-18(2)26-16-23(26)15-22-14-21(27-9-7-13-30-27)11-12-24(22)25-8-5-6-10-29(25)33-32-28-17-31-20(4)19(28)3/h5-8,10-14,18,23,26,32H,9,15-17H2,1-4H3. The average Bonchev–Trinajstić information content (AvgIpc) is 3.23. The van der Waals surface area contributed by atoms with Crippen LogP contribution in [0.1, 0.15) is 51.7 Å². The maximum atomic E-state index is 4.60. The lowest BCUT2D eigenvalue weighted by atomic mass is 9.91. The van der Waals surface area contributed by atoms with Gasteiger partial charge in [0.1, 0.15) is 0 Å². The van der Waals surface area contributed by atoms with Crippen LogP contribution < -0.4 is 4.72 Å². The first-order valence-corrected chi connectivity index (χ1v) is 12.9. The first-order valence-electron chi connectivity index (χ1n) is 12.1. The van der Waals surface area contributed by atoms with Gasteiger partial charge in [0.2, 0.25) is 0 Å². The molecular formula is C29H33N3S. The number of nitrogens with one attached hydrogen (secondary N) is 1. The van der Waals surface area contributed by atoms with Crippen LogP contribution in [-0.4, -0.2) is 18.0 Å². The zero-order valence-corrected chi connectivity index (χ0v) is 20.9.